The minimum Gasteiger partial charge on any atom is -0.357 e. The molecule has 1 rings (SSSR count). The van der Waals surface area contributed by atoms with Crippen molar-refractivity contribution < 1.29 is 9.59 Å². The third-order valence-electron chi connectivity index (χ3n) is 3.51. The molecule has 5 nitrogen and oxygen atoms in total. The second-order valence-corrected chi connectivity index (χ2v) is 5.73. The van der Waals surface area contributed by atoms with Crippen LogP contribution in [-0.2, 0) is 9.59 Å². The number of amides is 2. The van der Waals surface area contributed by atoms with Crippen LogP contribution in [-0.4, -0.2) is 37.5 Å². The first-order valence-electron chi connectivity index (χ1n) is 7.27. The Kier molecular flexibility index (Phi) is 6.84. The zero-order valence-corrected chi connectivity index (χ0v) is 12.3. The van der Waals surface area contributed by atoms with E-state index in [4.69, 9.17) is 0 Å². The highest BCUT2D eigenvalue weighted by atomic mass is 16.2. The van der Waals surface area contributed by atoms with Crippen LogP contribution in [0.3, 0.4) is 0 Å². The van der Waals surface area contributed by atoms with Gasteiger partial charge in [0, 0.05) is 13.1 Å². The molecule has 0 aromatic rings. The normalized spacial score (nSPS) is 17.5. The predicted octanol–water partition coefficient (Wildman–Crippen LogP) is 0.795. The van der Waals surface area contributed by atoms with Crippen molar-refractivity contribution in [1.29, 1.82) is 0 Å². The molecule has 1 unspecified atom stereocenters. The van der Waals surface area contributed by atoms with E-state index in [9.17, 15) is 9.59 Å². The van der Waals surface area contributed by atoms with E-state index in [-0.39, 0.29) is 11.8 Å². The summed E-state index contributed by atoms with van der Waals surface area (Å²) in [5.74, 6) is 0.148. The molecule has 0 aromatic heterocycles. The lowest BCUT2D eigenvalue weighted by Crippen LogP contribution is -2.49. The van der Waals surface area contributed by atoms with Gasteiger partial charge in [-0.2, -0.15) is 0 Å². The summed E-state index contributed by atoms with van der Waals surface area (Å²) in [5, 5.41) is 8.66. The first kappa shape index (κ1) is 16.0. The van der Waals surface area contributed by atoms with E-state index < -0.39 is 6.04 Å². The van der Waals surface area contributed by atoms with Crippen molar-refractivity contribution in [3.05, 3.63) is 0 Å². The molecule has 5 heteroatoms. The fourth-order valence-corrected chi connectivity index (χ4v) is 2.49. The maximum atomic E-state index is 11.9. The molecular weight excluding hydrogens is 242 g/mol. The number of carbonyl (C=O) groups excluding carboxylic acids is 2. The second-order valence-electron chi connectivity index (χ2n) is 5.73. The number of hydrogen-bond donors (Lipinski definition) is 3. The summed E-state index contributed by atoms with van der Waals surface area (Å²) in [4.78, 5) is 23.6. The highest BCUT2D eigenvalue weighted by Gasteiger charge is 2.21. The fourth-order valence-electron chi connectivity index (χ4n) is 2.49. The van der Waals surface area contributed by atoms with Gasteiger partial charge in [0.2, 0.25) is 11.8 Å². The van der Waals surface area contributed by atoms with E-state index >= 15 is 0 Å². The molecule has 19 heavy (non-hydrogen) atoms. The van der Waals surface area contributed by atoms with Crippen molar-refractivity contribution in [3.63, 3.8) is 0 Å². The van der Waals surface area contributed by atoms with Crippen LogP contribution in [0.2, 0.25) is 0 Å². The Morgan fingerprint density at radius 2 is 1.84 bits per heavy atom. The monoisotopic (exact) mass is 269 g/mol. The fraction of sp³-hybridized carbons (Fsp3) is 0.857. The number of likely N-dealkylation sites (N-methyl/N-ethyl adjacent to an activating group) is 1. The van der Waals surface area contributed by atoms with Gasteiger partial charge in [-0.25, -0.2) is 0 Å². The molecule has 0 bridgehead atoms. The largest absolute Gasteiger partial charge is 0.357 e. The van der Waals surface area contributed by atoms with Crippen LogP contribution in [0.5, 0.6) is 0 Å². The number of carbonyl (C=O) groups is 2. The highest BCUT2D eigenvalue weighted by molar-refractivity contribution is 5.88. The van der Waals surface area contributed by atoms with Crippen LogP contribution in [0.15, 0.2) is 0 Å². The second kappa shape index (κ2) is 8.15. The minimum absolute atomic E-state index is 0.0962. The smallest absolute Gasteiger partial charge is 0.242 e. The first-order chi connectivity index (χ1) is 9.02. The van der Waals surface area contributed by atoms with Crippen LogP contribution in [0.4, 0.5) is 0 Å². The van der Waals surface area contributed by atoms with Crippen LogP contribution in [0.1, 0.15) is 46.0 Å². The summed E-state index contributed by atoms with van der Waals surface area (Å²) in [6, 6.07) is 0.0391. The third kappa shape index (κ3) is 6.05. The van der Waals surface area contributed by atoms with E-state index in [0.29, 0.717) is 24.9 Å². The summed E-state index contributed by atoms with van der Waals surface area (Å²) >= 11 is 0. The third-order valence-corrected chi connectivity index (χ3v) is 3.51. The van der Waals surface area contributed by atoms with Gasteiger partial charge >= 0.3 is 0 Å². The Hall–Kier alpha value is -1.10. The van der Waals surface area contributed by atoms with E-state index in [1.807, 2.05) is 13.8 Å². The summed E-state index contributed by atoms with van der Waals surface area (Å²) < 4.78 is 0. The zero-order valence-electron chi connectivity index (χ0n) is 12.3. The number of nitrogens with one attached hydrogen (secondary N) is 3. The summed E-state index contributed by atoms with van der Waals surface area (Å²) in [6.07, 6.45) is 5.45. The summed E-state index contributed by atoms with van der Waals surface area (Å²) in [7, 11) is 1.60. The quantitative estimate of drug-likeness (QED) is 0.640. The maximum absolute atomic E-state index is 11.9. The van der Waals surface area contributed by atoms with Gasteiger partial charge in [-0.05, 0) is 25.2 Å². The van der Waals surface area contributed by atoms with Crippen LogP contribution < -0.4 is 16.0 Å². The molecule has 0 spiro atoms. The lowest BCUT2D eigenvalue weighted by Gasteiger charge is -2.20. The molecule has 110 valence electrons. The van der Waals surface area contributed by atoms with E-state index in [0.717, 1.165) is 12.8 Å². The predicted molar refractivity (Wildman–Crippen MR) is 75.7 cm³/mol. The molecule has 3 N–H and O–H groups in total. The van der Waals surface area contributed by atoms with Gasteiger partial charge in [-0.3, -0.25) is 9.59 Å². The molecule has 0 saturated heterocycles. The van der Waals surface area contributed by atoms with E-state index in [2.05, 4.69) is 16.0 Å². The SMILES string of the molecule is CNC(=O)C(CC(C)C)NC(=O)CNC1CCCC1. The van der Waals surface area contributed by atoms with Gasteiger partial charge < -0.3 is 16.0 Å². The van der Waals surface area contributed by atoms with Crippen molar-refractivity contribution in [1.82, 2.24) is 16.0 Å². The Labute approximate surface area is 115 Å². The standard InChI is InChI=1S/C14H27N3O2/c1-10(2)8-12(14(19)15-3)17-13(18)9-16-11-6-4-5-7-11/h10-12,16H,4-9H2,1-3H3,(H,15,19)(H,17,18). The van der Waals surface area contributed by atoms with Crippen molar-refractivity contribution in [2.24, 2.45) is 5.92 Å². The Morgan fingerprint density at radius 1 is 1.21 bits per heavy atom. The molecule has 1 aliphatic carbocycles. The van der Waals surface area contributed by atoms with Gasteiger partial charge in [-0.1, -0.05) is 26.7 Å². The Morgan fingerprint density at radius 3 is 2.37 bits per heavy atom. The molecule has 0 radical (unpaired) electrons. The average Bonchev–Trinajstić information content (AvgIpc) is 2.87. The molecule has 1 aliphatic rings. The lowest BCUT2D eigenvalue weighted by atomic mass is 10.0. The molecule has 2 amide bonds. The van der Waals surface area contributed by atoms with Crippen molar-refractivity contribution in [3.8, 4) is 0 Å². The van der Waals surface area contributed by atoms with Crippen molar-refractivity contribution in [2.75, 3.05) is 13.6 Å². The topological polar surface area (TPSA) is 70.2 Å². The summed E-state index contributed by atoms with van der Waals surface area (Å²) in [6.45, 7) is 4.38. The number of rotatable bonds is 7. The van der Waals surface area contributed by atoms with E-state index in [1.165, 1.54) is 12.8 Å². The molecule has 0 aromatic carbocycles. The molecule has 0 aliphatic heterocycles. The van der Waals surface area contributed by atoms with Crippen LogP contribution >= 0.6 is 0 Å². The zero-order chi connectivity index (χ0) is 14.3. The van der Waals surface area contributed by atoms with Gasteiger partial charge in [0.25, 0.3) is 0 Å². The van der Waals surface area contributed by atoms with E-state index in [1.54, 1.807) is 7.05 Å². The Bertz CT molecular complexity index is 299. The van der Waals surface area contributed by atoms with Gasteiger partial charge in [0.1, 0.15) is 6.04 Å². The minimum atomic E-state index is -0.428. The molecule has 1 atom stereocenters. The molecule has 0 heterocycles. The van der Waals surface area contributed by atoms with Crippen molar-refractivity contribution >= 4 is 11.8 Å². The summed E-state index contributed by atoms with van der Waals surface area (Å²) in [5.41, 5.74) is 0. The van der Waals surface area contributed by atoms with Gasteiger partial charge in [0.15, 0.2) is 0 Å². The maximum Gasteiger partial charge on any atom is 0.242 e. The average molecular weight is 269 g/mol. The van der Waals surface area contributed by atoms with Crippen LogP contribution in [0.25, 0.3) is 0 Å². The lowest BCUT2D eigenvalue weighted by molar-refractivity contribution is -0.128. The first-order valence-corrected chi connectivity index (χ1v) is 7.27. The Balaban J connectivity index is 2.34. The molecule has 1 saturated carbocycles. The molecular formula is C14H27N3O2. The van der Waals surface area contributed by atoms with Gasteiger partial charge in [0.05, 0.1) is 6.54 Å². The van der Waals surface area contributed by atoms with Gasteiger partial charge in [-0.15, -0.1) is 0 Å². The highest BCUT2D eigenvalue weighted by Crippen LogP contribution is 2.17. The van der Waals surface area contributed by atoms with Crippen molar-refractivity contribution in [2.45, 2.75) is 58.0 Å². The molecule has 1 fully saturated rings. The number of hydrogen-bond acceptors (Lipinski definition) is 3. The van der Waals surface area contributed by atoms with Crippen LogP contribution in [0, 0.1) is 5.92 Å².